The first-order valence-electron chi connectivity index (χ1n) is 9.33. The van der Waals surface area contributed by atoms with Crippen LogP contribution in [0.1, 0.15) is 38.4 Å². The molecule has 1 N–H and O–H groups in total. The molecule has 0 fully saturated rings. The highest BCUT2D eigenvalue weighted by Gasteiger charge is 2.22. The summed E-state index contributed by atoms with van der Waals surface area (Å²) in [6, 6.07) is 9.71. The van der Waals surface area contributed by atoms with Crippen LogP contribution in [0.15, 0.2) is 46.1 Å². The molecule has 9 heteroatoms. The standard InChI is InChI=1S/C20H22N2O5S2/c1-12(2)22-16-6-5-15(11-19(16)28-20(22)23)29(24,25)21-13(3)14-4-7-17-18(10-14)27-9-8-26-17/h4-7,10-13,21H,8-9H2,1-3H3/t13-/m0/s1. The van der Waals surface area contributed by atoms with Crippen LogP contribution in [0.4, 0.5) is 0 Å². The summed E-state index contributed by atoms with van der Waals surface area (Å²) in [6.07, 6.45) is 0. The lowest BCUT2D eigenvalue weighted by molar-refractivity contribution is 0.171. The average molecular weight is 435 g/mol. The SMILES string of the molecule is CC(C)n1c(=O)sc2cc(S(=O)(=O)N[C@@H](C)c3ccc4c(c3)OCCO4)ccc21. The Labute approximate surface area is 172 Å². The number of rotatable bonds is 5. The molecule has 154 valence electrons. The quantitative estimate of drug-likeness (QED) is 0.665. The minimum atomic E-state index is -3.77. The predicted molar refractivity (Wildman–Crippen MR) is 113 cm³/mol. The van der Waals surface area contributed by atoms with Gasteiger partial charge in [-0.3, -0.25) is 9.36 Å². The van der Waals surface area contributed by atoms with E-state index in [4.69, 9.17) is 9.47 Å². The van der Waals surface area contributed by atoms with Gasteiger partial charge in [0.1, 0.15) is 13.2 Å². The Morgan fingerprint density at radius 3 is 2.48 bits per heavy atom. The molecule has 0 spiro atoms. The maximum Gasteiger partial charge on any atom is 0.308 e. The Morgan fingerprint density at radius 2 is 1.76 bits per heavy atom. The van der Waals surface area contributed by atoms with E-state index in [1.165, 1.54) is 6.07 Å². The van der Waals surface area contributed by atoms with Crippen LogP contribution in [-0.4, -0.2) is 26.2 Å². The number of nitrogens with zero attached hydrogens (tertiary/aromatic N) is 1. The van der Waals surface area contributed by atoms with Crippen LogP contribution < -0.4 is 19.1 Å². The minimum absolute atomic E-state index is 0.00654. The summed E-state index contributed by atoms with van der Waals surface area (Å²) in [4.78, 5) is 12.3. The van der Waals surface area contributed by atoms with Crippen LogP contribution in [0.5, 0.6) is 11.5 Å². The van der Waals surface area contributed by atoms with Crippen LogP contribution >= 0.6 is 11.3 Å². The molecule has 0 unspecified atom stereocenters. The summed E-state index contributed by atoms with van der Waals surface area (Å²) in [7, 11) is -3.77. The molecule has 0 amide bonds. The van der Waals surface area contributed by atoms with Crippen LogP contribution in [0, 0.1) is 0 Å². The topological polar surface area (TPSA) is 86.6 Å². The monoisotopic (exact) mass is 434 g/mol. The van der Waals surface area contributed by atoms with Crippen LogP contribution in [-0.2, 0) is 10.0 Å². The third kappa shape index (κ3) is 3.77. The van der Waals surface area contributed by atoms with Gasteiger partial charge in [-0.1, -0.05) is 17.4 Å². The van der Waals surface area contributed by atoms with Crippen molar-refractivity contribution in [2.24, 2.45) is 0 Å². The van der Waals surface area contributed by atoms with Crippen LogP contribution in [0.25, 0.3) is 10.2 Å². The molecule has 2 heterocycles. The van der Waals surface area contributed by atoms with Gasteiger partial charge in [0.05, 0.1) is 15.1 Å². The average Bonchev–Trinajstić information content (AvgIpc) is 3.02. The molecule has 1 aromatic heterocycles. The van der Waals surface area contributed by atoms with E-state index >= 15 is 0 Å². The van der Waals surface area contributed by atoms with Gasteiger partial charge in [-0.25, -0.2) is 13.1 Å². The second kappa shape index (κ2) is 7.47. The Morgan fingerprint density at radius 1 is 1.03 bits per heavy atom. The molecule has 29 heavy (non-hydrogen) atoms. The fourth-order valence-electron chi connectivity index (χ4n) is 3.37. The maximum absolute atomic E-state index is 12.9. The van der Waals surface area contributed by atoms with E-state index in [0.717, 1.165) is 22.4 Å². The smallest absolute Gasteiger partial charge is 0.308 e. The van der Waals surface area contributed by atoms with Crippen molar-refractivity contribution < 1.29 is 17.9 Å². The first-order valence-corrected chi connectivity index (χ1v) is 11.6. The minimum Gasteiger partial charge on any atom is -0.486 e. The van der Waals surface area contributed by atoms with Gasteiger partial charge in [0.2, 0.25) is 10.0 Å². The molecule has 1 aliphatic heterocycles. The van der Waals surface area contributed by atoms with E-state index in [-0.39, 0.29) is 15.8 Å². The molecular weight excluding hydrogens is 412 g/mol. The lowest BCUT2D eigenvalue weighted by Crippen LogP contribution is -2.27. The van der Waals surface area contributed by atoms with E-state index in [1.54, 1.807) is 35.8 Å². The number of thiazole rings is 1. The Kier molecular flexibility index (Phi) is 5.14. The highest BCUT2D eigenvalue weighted by molar-refractivity contribution is 7.89. The zero-order valence-electron chi connectivity index (χ0n) is 16.3. The lowest BCUT2D eigenvalue weighted by Gasteiger charge is -2.21. The highest BCUT2D eigenvalue weighted by atomic mass is 32.2. The number of nitrogens with one attached hydrogen (secondary N) is 1. The van der Waals surface area contributed by atoms with Gasteiger partial charge in [0.25, 0.3) is 0 Å². The molecule has 7 nitrogen and oxygen atoms in total. The van der Waals surface area contributed by atoms with E-state index < -0.39 is 16.1 Å². The fourth-order valence-corrected chi connectivity index (χ4v) is 5.76. The number of benzene rings is 2. The molecule has 0 radical (unpaired) electrons. The van der Waals surface area contributed by atoms with Crippen molar-refractivity contribution in [2.45, 2.75) is 37.8 Å². The van der Waals surface area contributed by atoms with Crippen molar-refractivity contribution in [3.63, 3.8) is 0 Å². The number of sulfonamides is 1. The van der Waals surface area contributed by atoms with Crippen molar-refractivity contribution in [1.82, 2.24) is 9.29 Å². The van der Waals surface area contributed by atoms with Crippen molar-refractivity contribution in [3.05, 3.63) is 51.6 Å². The molecule has 0 saturated heterocycles. The van der Waals surface area contributed by atoms with Crippen molar-refractivity contribution in [3.8, 4) is 11.5 Å². The van der Waals surface area contributed by atoms with Crippen molar-refractivity contribution >= 4 is 31.6 Å². The van der Waals surface area contributed by atoms with Gasteiger partial charge >= 0.3 is 4.87 Å². The second-order valence-corrected chi connectivity index (χ2v) is 9.91. The summed E-state index contributed by atoms with van der Waals surface area (Å²) in [5.74, 6) is 1.27. The molecule has 3 aromatic rings. The number of ether oxygens (including phenoxy) is 2. The van der Waals surface area contributed by atoms with Gasteiger partial charge in [-0.05, 0) is 56.7 Å². The largest absolute Gasteiger partial charge is 0.486 e. The zero-order chi connectivity index (χ0) is 20.8. The third-order valence-corrected chi connectivity index (χ3v) is 7.27. The molecular formula is C20H22N2O5S2. The molecule has 1 aliphatic rings. The van der Waals surface area contributed by atoms with Crippen LogP contribution in [0.2, 0.25) is 0 Å². The Balaban J connectivity index is 1.62. The van der Waals surface area contributed by atoms with Crippen molar-refractivity contribution in [2.75, 3.05) is 13.2 Å². The van der Waals surface area contributed by atoms with Crippen LogP contribution in [0.3, 0.4) is 0 Å². The van der Waals surface area contributed by atoms with Gasteiger partial charge < -0.3 is 9.47 Å². The van der Waals surface area contributed by atoms with Gasteiger partial charge in [0, 0.05) is 12.1 Å². The van der Waals surface area contributed by atoms with E-state index in [9.17, 15) is 13.2 Å². The van der Waals surface area contributed by atoms with E-state index in [1.807, 2.05) is 19.9 Å². The summed E-state index contributed by atoms with van der Waals surface area (Å²) in [5, 5.41) is 0. The van der Waals surface area contributed by atoms with Gasteiger partial charge in [-0.2, -0.15) is 0 Å². The molecule has 0 saturated carbocycles. The lowest BCUT2D eigenvalue weighted by atomic mass is 10.1. The summed E-state index contributed by atoms with van der Waals surface area (Å²) in [5.41, 5.74) is 1.52. The molecule has 0 bridgehead atoms. The highest BCUT2D eigenvalue weighted by Crippen LogP contribution is 2.33. The normalized spacial score (nSPS) is 15.0. The summed E-state index contributed by atoms with van der Waals surface area (Å²) < 4.78 is 42.0. The second-order valence-electron chi connectivity index (χ2n) is 7.21. The molecule has 1 atom stereocenters. The van der Waals surface area contributed by atoms with E-state index in [0.29, 0.717) is 29.4 Å². The maximum atomic E-state index is 12.9. The summed E-state index contributed by atoms with van der Waals surface area (Å²) in [6.45, 7) is 6.59. The van der Waals surface area contributed by atoms with E-state index in [2.05, 4.69) is 4.72 Å². The van der Waals surface area contributed by atoms with Gasteiger partial charge in [-0.15, -0.1) is 0 Å². The number of hydrogen-bond acceptors (Lipinski definition) is 6. The molecule has 4 rings (SSSR count). The first-order chi connectivity index (χ1) is 13.8. The van der Waals surface area contributed by atoms with Gasteiger partial charge in [0.15, 0.2) is 11.5 Å². The Bertz CT molecular complexity index is 1230. The molecule has 2 aromatic carbocycles. The fraction of sp³-hybridized carbons (Fsp3) is 0.350. The third-order valence-electron chi connectivity index (χ3n) is 4.81. The summed E-state index contributed by atoms with van der Waals surface area (Å²) >= 11 is 1.05. The number of hydrogen-bond donors (Lipinski definition) is 1. The predicted octanol–water partition coefficient (Wildman–Crippen LogP) is 3.45. The molecule has 0 aliphatic carbocycles. The number of aromatic nitrogens is 1. The van der Waals surface area contributed by atoms with Crippen molar-refractivity contribution in [1.29, 1.82) is 0 Å². The number of fused-ring (bicyclic) bond motifs is 2. The zero-order valence-corrected chi connectivity index (χ0v) is 18.0. The first kappa shape index (κ1) is 19.9. The Hall–Kier alpha value is -2.36.